The number of hydrogen-bond acceptors (Lipinski definition) is 6. The molecular weight excluding hydrogens is 274 g/mol. The van der Waals surface area contributed by atoms with Crippen LogP contribution in [0, 0.1) is 0 Å². The van der Waals surface area contributed by atoms with E-state index in [0.717, 1.165) is 29.7 Å². The Morgan fingerprint density at radius 3 is 3.22 bits per heavy atom. The van der Waals surface area contributed by atoms with Crippen LogP contribution in [0.3, 0.4) is 0 Å². The first-order valence-corrected chi connectivity index (χ1v) is 6.79. The lowest BCUT2D eigenvalue weighted by molar-refractivity contribution is -0.133. The fourth-order valence-electron chi connectivity index (χ4n) is 1.87. The summed E-state index contributed by atoms with van der Waals surface area (Å²) in [5.41, 5.74) is 2.51. The van der Waals surface area contributed by atoms with E-state index in [1.807, 2.05) is 12.1 Å². The number of aromatic nitrogens is 2. The molecule has 1 aliphatic heterocycles. The molecule has 0 bridgehead atoms. The summed E-state index contributed by atoms with van der Waals surface area (Å²) >= 11 is 7.37. The van der Waals surface area contributed by atoms with Crippen LogP contribution in [0.1, 0.15) is 6.42 Å². The summed E-state index contributed by atoms with van der Waals surface area (Å²) in [5, 5.41) is 3.96. The number of nitrogens with zero attached hydrogens (tertiary/aromatic N) is 2. The molecule has 0 aliphatic carbocycles. The Labute approximate surface area is 113 Å². The Morgan fingerprint density at radius 1 is 1.44 bits per heavy atom. The lowest BCUT2D eigenvalue weighted by Gasteiger charge is -2.23. The fraction of sp³-hybridized carbons (Fsp3) is 0.455. The maximum absolute atomic E-state index is 6.19. The number of ether oxygens (including phenoxy) is 2. The van der Waals surface area contributed by atoms with Crippen LogP contribution in [-0.2, 0) is 9.47 Å². The van der Waals surface area contributed by atoms with Crippen LogP contribution >= 0.6 is 23.3 Å². The molecule has 1 aromatic carbocycles. The molecule has 96 valence electrons. The summed E-state index contributed by atoms with van der Waals surface area (Å²) in [6, 6.07) is 3.70. The molecule has 1 aliphatic rings. The minimum Gasteiger partial charge on any atom is -0.379 e. The number of hydrogen-bond donors (Lipinski definition) is 1. The highest BCUT2D eigenvalue weighted by atomic mass is 35.5. The van der Waals surface area contributed by atoms with Crippen molar-refractivity contribution >= 4 is 40.0 Å². The second kappa shape index (κ2) is 5.36. The summed E-state index contributed by atoms with van der Waals surface area (Å²) in [5.74, 6) is 0. The van der Waals surface area contributed by atoms with Crippen LogP contribution in [0.5, 0.6) is 0 Å². The second-order valence-corrected chi connectivity index (χ2v) is 4.97. The number of rotatable bonds is 3. The van der Waals surface area contributed by atoms with Gasteiger partial charge in [-0.25, -0.2) is 0 Å². The molecule has 1 unspecified atom stereocenters. The highest BCUT2D eigenvalue weighted by molar-refractivity contribution is 7.00. The topological polar surface area (TPSA) is 56.3 Å². The SMILES string of the molecule is Clc1ccc2nsnc2c1NCC1CCOCO1. The van der Waals surface area contributed by atoms with Gasteiger partial charge in [0.15, 0.2) is 0 Å². The first-order chi connectivity index (χ1) is 8.84. The molecule has 0 spiro atoms. The van der Waals surface area contributed by atoms with E-state index in [0.29, 0.717) is 18.4 Å². The predicted molar refractivity (Wildman–Crippen MR) is 71.2 cm³/mol. The summed E-state index contributed by atoms with van der Waals surface area (Å²) in [6.07, 6.45) is 1.03. The lowest BCUT2D eigenvalue weighted by Crippen LogP contribution is -2.30. The van der Waals surface area contributed by atoms with Crippen molar-refractivity contribution in [2.75, 3.05) is 25.3 Å². The van der Waals surface area contributed by atoms with Gasteiger partial charge in [-0.1, -0.05) is 11.6 Å². The van der Waals surface area contributed by atoms with E-state index < -0.39 is 0 Å². The number of halogens is 1. The van der Waals surface area contributed by atoms with E-state index in [2.05, 4.69) is 14.1 Å². The van der Waals surface area contributed by atoms with Gasteiger partial charge < -0.3 is 14.8 Å². The lowest BCUT2D eigenvalue weighted by atomic mass is 10.2. The average Bonchev–Trinajstić information content (AvgIpc) is 2.87. The molecule has 0 amide bonds. The zero-order valence-corrected chi connectivity index (χ0v) is 11.1. The highest BCUT2D eigenvalue weighted by Crippen LogP contribution is 2.30. The molecule has 1 saturated heterocycles. The van der Waals surface area contributed by atoms with Crippen LogP contribution in [-0.4, -0.2) is 34.8 Å². The molecule has 1 fully saturated rings. The molecular formula is C11H12ClN3O2S. The van der Waals surface area contributed by atoms with Gasteiger partial charge in [-0.05, 0) is 18.6 Å². The third kappa shape index (κ3) is 2.42. The van der Waals surface area contributed by atoms with Crippen molar-refractivity contribution in [2.24, 2.45) is 0 Å². The summed E-state index contributed by atoms with van der Waals surface area (Å²) in [6.45, 7) is 1.80. The zero-order chi connectivity index (χ0) is 12.4. The highest BCUT2D eigenvalue weighted by Gasteiger charge is 2.16. The molecule has 2 heterocycles. The average molecular weight is 286 g/mol. The molecule has 0 radical (unpaired) electrons. The van der Waals surface area contributed by atoms with E-state index in [4.69, 9.17) is 21.1 Å². The van der Waals surface area contributed by atoms with Crippen LogP contribution in [0.2, 0.25) is 5.02 Å². The molecule has 2 aromatic rings. The van der Waals surface area contributed by atoms with Gasteiger partial charge in [0.25, 0.3) is 0 Å². The largest absolute Gasteiger partial charge is 0.379 e. The van der Waals surface area contributed by atoms with Crippen LogP contribution < -0.4 is 5.32 Å². The van der Waals surface area contributed by atoms with Crippen LogP contribution in [0.4, 0.5) is 5.69 Å². The predicted octanol–water partition coefficient (Wildman–Crippen LogP) is 2.52. The van der Waals surface area contributed by atoms with Crippen molar-refractivity contribution < 1.29 is 9.47 Å². The molecule has 7 heteroatoms. The molecule has 3 rings (SSSR count). The second-order valence-electron chi connectivity index (χ2n) is 4.04. The van der Waals surface area contributed by atoms with Crippen molar-refractivity contribution in [3.8, 4) is 0 Å². The number of nitrogens with one attached hydrogen (secondary N) is 1. The normalized spacial score (nSPS) is 20.2. The van der Waals surface area contributed by atoms with Gasteiger partial charge in [0, 0.05) is 6.54 Å². The van der Waals surface area contributed by atoms with Crippen molar-refractivity contribution in [1.29, 1.82) is 0 Å². The maximum Gasteiger partial charge on any atom is 0.147 e. The quantitative estimate of drug-likeness (QED) is 0.939. The van der Waals surface area contributed by atoms with E-state index in [9.17, 15) is 0 Å². The van der Waals surface area contributed by atoms with Crippen molar-refractivity contribution in [1.82, 2.24) is 8.75 Å². The molecule has 18 heavy (non-hydrogen) atoms. The Morgan fingerprint density at radius 2 is 2.39 bits per heavy atom. The van der Waals surface area contributed by atoms with E-state index >= 15 is 0 Å². The Kier molecular flexibility index (Phi) is 3.60. The molecule has 0 saturated carbocycles. The minimum absolute atomic E-state index is 0.150. The number of fused-ring (bicyclic) bond motifs is 1. The van der Waals surface area contributed by atoms with Crippen molar-refractivity contribution in [2.45, 2.75) is 12.5 Å². The fourth-order valence-corrected chi connectivity index (χ4v) is 2.64. The van der Waals surface area contributed by atoms with Gasteiger partial charge >= 0.3 is 0 Å². The van der Waals surface area contributed by atoms with Crippen molar-refractivity contribution in [3.63, 3.8) is 0 Å². The van der Waals surface area contributed by atoms with Gasteiger partial charge in [-0.2, -0.15) is 8.75 Å². The third-order valence-corrected chi connectivity index (χ3v) is 3.71. The molecule has 1 atom stereocenters. The van der Waals surface area contributed by atoms with Gasteiger partial charge in [-0.3, -0.25) is 0 Å². The van der Waals surface area contributed by atoms with Crippen LogP contribution in [0.25, 0.3) is 11.0 Å². The molecule has 1 aromatic heterocycles. The van der Waals surface area contributed by atoms with Gasteiger partial charge in [0.1, 0.15) is 17.8 Å². The van der Waals surface area contributed by atoms with E-state index in [1.54, 1.807) is 0 Å². The standard InChI is InChI=1S/C11H12ClN3O2S/c12-8-1-2-9-11(15-18-14-9)10(8)13-5-7-3-4-16-6-17-7/h1-2,7,13H,3-6H2. The van der Waals surface area contributed by atoms with E-state index in [1.165, 1.54) is 11.7 Å². The Balaban J connectivity index is 1.76. The summed E-state index contributed by atoms with van der Waals surface area (Å²) in [7, 11) is 0. The Bertz CT molecular complexity index is 542. The third-order valence-electron chi connectivity index (χ3n) is 2.85. The molecule has 1 N–H and O–H groups in total. The summed E-state index contributed by atoms with van der Waals surface area (Å²) < 4.78 is 19.1. The van der Waals surface area contributed by atoms with Crippen LogP contribution in [0.15, 0.2) is 12.1 Å². The Hall–Kier alpha value is -0.950. The van der Waals surface area contributed by atoms with E-state index in [-0.39, 0.29) is 6.10 Å². The number of benzene rings is 1. The molecule has 5 nitrogen and oxygen atoms in total. The zero-order valence-electron chi connectivity index (χ0n) is 9.56. The number of anilines is 1. The minimum atomic E-state index is 0.150. The smallest absolute Gasteiger partial charge is 0.147 e. The van der Waals surface area contributed by atoms with Crippen molar-refractivity contribution in [3.05, 3.63) is 17.2 Å². The monoisotopic (exact) mass is 285 g/mol. The van der Waals surface area contributed by atoms with Gasteiger partial charge in [0.05, 0.1) is 35.1 Å². The van der Waals surface area contributed by atoms with Gasteiger partial charge in [0.2, 0.25) is 0 Å². The first kappa shape index (κ1) is 12.1. The maximum atomic E-state index is 6.19. The first-order valence-electron chi connectivity index (χ1n) is 5.68. The van der Waals surface area contributed by atoms with Gasteiger partial charge in [-0.15, -0.1) is 0 Å². The summed E-state index contributed by atoms with van der Waals surface area (Å²) in [4.78, 5) is 0.